The number of carbonyl (C=O) groups is 2. The highest BCUT2D eigenvalue weighted by atomic mass is 16.5. The molecular formula is C26H29N3O4. The Morgan fingerprint density at radius 2 is 1.91 bits per heavy atom. The number of aryl methyl sites for hydroxylation is 2. The summed E-state index contributed by atoms with van der Waals surface area (Å²) in [6.07, 6.45) is 2.90. The molecule has 0 bridgehead atoms. The second-order valence-electron chi connectivity index (χ2n) is 8.59. The van der Waals surface area contributed by atoms with Crippen LogP contribution in [-0.2, 0) is 11.2 Å². The Bertz CT molecular complexity index is 1230. The standard InChI is InChI=1S/C26H29N3O4/c1-17-16-19(10-11-22(17)33-2)25(31)18-12-14-29(15-13-18)24(30)9-5-8-23-27-21-7-4-3-6-20(21)26(32)28-23/h3-4,6-7,10-11,16,18H,5,8-9,12-15H2,1-2H3,(H,27,28,32). The first kappa shape index (κ1) is 22.7. The fraction of sp³-hybridized carbons (Fsp3) is 0.385. The number of benzene rings is 2. The van der Waals surface area contributed by atoms with Gasteiger partial charge >= 0.3 is 0 Å². The summed E-state index contributed by atoms with van der Waals surface area (Å²) in [4.78, 5) is 46.9. The molecule has 2 heterocycles. The number of hydrogen-bond donors (Lipinski definition) is 1. The van der Waals surface area contributed by atoms with Gasteiger partial charge in [-0.05, 0) is 62.1 Å². The number of rotatable bonds is 7. The molecule has 172 valence electrons. The van der Waals surface area contributed by atoms with E-state index in [-0.39, 0.29) is 23.2 Å². The van der Waals surface area contributed by atoms with Crippen LogP contribution in [-0.4, -0.2) is 46.8 Å². The monoisotopic (exact) mass is 447 g/mol. The molecule has 1 aliphatic heterocycles. The zero-order valence-corrected chi connectivity index (χ0v) is 19.1. The molecule has 7 nitrogen and oxygen atoms in total. The van der Waals surface area contributed by atoms with Crippen molar-refractivity contribution in [1.82, 2.24) is 14.9 Å². The summed E-state index contributed by atoms with van der Waals surface area (Å²) in [5.41, 5.74) is 2.16. The molecule has 0 spiro atoms. The molecule has 1 amide bonds. The number of carbonyl (C=O) groups excluding carboxylic acids is 2. The number of Topliss-reactive ketones (excluding diaryl/α,β-unsaturated/α-hetero) is 1. The summed E-state index contributed by atoms with van der Waals surface area (Å²) in [5.74, 6) is 1.54. The second-order valence-corrected chi connectivity index (χ2v) is 8.59. The van der Waals surface area contributed by atoms with Crippen molar-refractivity contribution in [2.75, 3.05) is 20.2 Å². The van der Waals surface area contributed by atoms with Crippen LogP contribution in [0.4, 0.5) is 0 Å². The van der Waals surface area contributed by atoms with Gasteiger partial charge in [-0.3, -0.25) is 14.4 Å². The number of amides is 1. The molecule has 2 aromatic carbocycles. The van der Waals surface area contributed by atoms with Crippen LogP contribution in [0.2, 0.25) is 0 Å². The molecule has 1 aliphatic rings. The fourth-order valence-corrected chi connectivity index (χ4v) is 4.48. The van der Waals surface area contributed by atoms with E-state index in [1.807, 2.05) is 48.2 Å². The molecule has 1 saturated heterocycles. The number of hydrogen-bond acceptors (Lipinski definition) is 5. The first-order valence-corrected chi connectivity index (χ1v) is 11.4. The van der Waals surface area contributed by atoms with Gasteiger partial charge in [-0.15, -0.1) is 0 Å². The lowest BCUT2D eigenvalue weighted by atomic mass is 9.88. The molecule has 1 N–H and O–H groups in total. The highest BCUT2D eigenvalue weighted by molar-refractivity contribution is 5.98. The third-order valence-electron chi connectivity index (χ3n) is 6.36. The van der Waals surface area contributed by atoms with E-state index in [4.69, 9.17) is 4.74 Å². The zero-order valence-electron chi connectivity index (χ0n) is 19.1. The molecule has 0 unspecified atom stereocenters. The summed E-state index contributed by atoms with van der Waals surface area (Å²) >= 11 is 0. The van der Waals surface area contributed by atoms with Gasteiger partial charge in [-0.1, -0.05) is 12.1 Å². The lowest BCUT2D eigenvalue weighted by Crippen LogP contribution is -2.40. The predicted molar refractivity (Wildman–Crippen MR) is 127 cm³/mol. The van der Waals surface area contributed by atoms with Crippen LogP contribution in [0.3, 0.4) is 0 Å². The van der Waals surface area contributed by atoms with E-state index in [0.29, 0.717) is 67.5 Å². The van der Waals surface area contributed by atoms with E-state index in [2.05, 4.69) is 9.97 Å². The van der Waals surface area contributed by atoms with Crippen molar-refractivity contribution in [3.8, 4) is 5.75 Å². The van der Waals surface area contributed by atoms with Crippen molar-refractivity contribution in [2.24, 2.45) is 5.92 Å². The van der Waals surface area contributed by atoms with Crippen LogP contribution in [0.25, 0.3) is 10.9 Å². The van der Waals surface area contributed by atoms with Crippen LogP contribution in [0, 0.1) is 12.8 Å². The van der Waals surface area contributed by atoms with Crippen LogP contribution in [0.5, 0.6) is 5.75 Å². The van der Waals surface area contributed by atoms with E-state index >= 15 is 0 Å². The van der Waals surface area contributed by atoms with Crippen molar-refractivity contribution in [2.45, 2.75) is 39.0 Å². The van der Waals surface area contributed by atoms with Gasteiger partial charge in [-0.25, -0.2) is 4.98 Å². The van der Waals surface area contributed by atoms with Crippen LogP contribution in [0.1, 0.15) is 47.4 Å². The average molecular weight is 448 g/mol. The SMILES string of the molecule is COc1ccc(C(=O)C2CCN(C(=O)CCCc3nc4ccccc4c(=O)[nH]3)CC2)cc1C. The molecule has 3 aromatic rings. The molecule has 0 atom stereocenters. The number of ketones is 1. The Kier molecular flexibility index (Phi) is 6.87. The van der Waals surface area contributed by atoms with Gasteiger partial charge in [0, 0.05) is 37.4 Å². The summed E-state index contributed by atoms with van der Waals surface area (Å²) in [6.45, 7) is 3.12. The highest BCUT2D eigenvalue weighted by Gasteiger charge is 2.28. The number of likely N-dealkylation sites (tertiary alicyclic amines) is 1. The average Bonchev–Trinajstić information content (AvgIpc) is 2.83. The van der Waals surface area contributed by atoms with E-state index in [0.717, 1.165) is 11.3 Å². The minimum absolute atomic E-state index is 0.0614. The van der Waals surface area contributed by atoms with Crippen molar-refractivity contribution in [3.05, 3.63) is 69.8 Å². The Labute approximate surface area is 192 Å². The Morgan fingerprint density at radius 3 is 2.64 bits per heavy atom. The summed E-state index contributed by atoms with van der Waals surface area (Å²) in [5, 5.41) is 0.569. The van der Waals surface area contributed by atoms with E-state index in [1.165, 1.54) is 0 Å². The minimum atomic E-state index is -0.152. The maximum atomic E-state index is 12.9. The third kappa shape index (κ3) is 5.13. The number of methoxy groups -OCH3 is 1. The zero-order chi connectivity index (χ0) is 23.4. The lowest BCUT2D eigenvalue weighted by Gasteiger charge is -2.31. The quantitative estimate of drug-likeness (QED) is 0.558. The van der Waals surface area contributed by atoms with Crippen molar-refractivity contribution in [3.63, 3.8) is 0 Å². The molecule has 4 rings (SSSR count). The number of nitrogens with one attached hydrogen (secondary N) is 1. The maximum absolute atomic E-state index is 12.9. The smallest absolute Gasteiger partial charge is 0.258 e. The first-order chi connectivity index (χ1) is 16.0. The van der Waals surface area contributed by atoms with Gasteiger partial charge in [0.15, 0.2) is 5.78 Å². The third-order valence-corrected chi connectivity index (χ3v) is 6.36. The van der Waals surface area contributed by atoms with E-state index in [9.17, 15) is 14.4 Å². The fourth-order valence-electron chi connectivity index (χ4n) is 4.48. The van der Waals surface area contributed by atoms with E-state index in [1.54, 1.807) is 13.2 Å². The number of piperidine rings is 1. The lowest BCUT2D eigenvalue weighted by molar-refractivity contribution is -0.132. The Hall–Kier alpha value is -3.48. The largest absolute Gasteiger partial charge is 0.496 e. The van der Waals surface area contributed by atoms with Crippen LogP contribution >= 0.6 is 0 Å². The predicted octanol–water partition coefficient (Wildman–Crippen LogP) is 3.68. The summed E-state index contributed by atoms with van der Waals surface area (Å²) in [7, 11) is 1.62. The first-order valence-electron chi connectivity index (χ1n) is 11.4. The second kappa shape index (κ2) is 9.98. The summed E-state index contributed by atoms with van der Waals surface area (Å²) in [6, 6.07) is 12.8. The maximum Gasteiger partial charge on any atom is 0.258 e. The molecular weight excluding hydrogens is 418 g/mol. The Balaban J connectivity index is 1.27. The molecule has 0 aliphatic carbocycles. The number of aromatic amines is 1. The van der Waals surface area contributed by atoms with Crippen molar-refractivity contribution >= 4 is 22.6 Å². The number of para-hydroxylation sites is 1. The van der Waals surface area contributed by atoms with Gasteiger partial charge in [0.25, 0.3) is 5.56 Å². The van der Waals surface area contributed by atoms with Crippen molar-refractivity contribution < 1.29 is 14.3 Å². The number of ether oxygens (including phenoxy) is 1. The van der Waals surface area contributed by atoms with Gasteiger partial charge < -0.3 is 14.6 Å². The van der Waals surface area contributed by atoms with Crippen molar-refractivity contribution in [1.29, 1.82) is 0 Å². The van der Waals surface area contributed by atoms with Crippen LogP contribution in [0.15, 0.2) is 47.3 Å². The van der Waals surface area contributed by atoms with Gasteiger partial charge in [0.05, 0.1) is 18.0 Å². The Morgan fingerprint density at radius 1 is 1.15 bits per heavy atom. The molecule has 0 saturated carbocycles. The number of fused-ring (bicyclic) bond motifs is 1. The molecule has 33 heavy (non-hydrogen) atoms. The molecule has 7 heteroatoms. The minimum Gasteiger partial charge on any atom is -0.496 e. The summed E-state index contributed by atoms with van der Waals surface area (Å²) < 4.78 is 5.27. The van der Waals surface area contributed by atoms with Gasteiger partial charge in [0.2, 0.25) is 5.91 Å². The molecule has 0 radical (unpaired) electrons. The number of aromatic nitrogens is 2. The highest BCUT2D eigenvalue weighted by Crippen LogP contribution is 2.25. The topological polar surface area (TPSA) is 92.4 Å². The number of nitrogens with zero attached hydrogens (tertiary/aromatic N) is 2. The molecule has 1 fully saturated rings. The van der Waals surface area contributed by atoms with Gasteiger partial charge in [0.1, 0.15) is 11.6 Å². The molecule has 1 aromatic heterocycles. The van der Waals surface area contributed by atoms with Gasteiger partial charge in [-0.2, -0.15) is 0 Å². The normalized spacial score (nSPS) is 14.4. The number of H-pyrrole nitrogens is 1. The van der Waals surface area contributed by atoms with E-state index < -0.39 is 0 Å². The van der Waals surface area contributed by atoms with Crippen LogP contribution < -0.4 is 10.3 Å².